The molecule has 1 aromatic carbocycles. The lowest BCUT2D eigenvalue weighted by atomic mass is 10.2. The summed E-state index contributed by atoms with van der Waals surface area (Å²) in [7, 11) is 0. The molecule has 102 valence electrons. The standard InChI is InChI=1S/C14H17NO4/c1-2-15(11-6-7-11)14(18)10-4-3-5-12(8-10)19-9-13(16)17/h3-5,8,11H,2,6-7,9H2,1H3,(H,16,17). The van der Waals surface area contributed by atoms with Gasteiger partial charge in [0.2, 0.25) is 0 Å². The molecular formula is C14H17NO4. The summed E-state index contributed by atoms with van der Waals surface area (Å²) in [5.41, 5.74) is 0.539. The van der Waals surface area contributed by atoms with E-state index in [9.17, 15) is 9.59 Å². The van der Waals surface area contributed by atoms with Crippen molar-refractivity contribution < 1.29 is 19.4 Å². The topological polar surface area (TPSA) is 66.8 Å². The highest BCUT2D eigenvalue weighted by Crippen LogP contribution is 2.28. The molecule has 0 radical (unpaired) electrons. The zero-order valence-corrected chi connectivity index (χ0v) is 10.8. The molecule has 1 fully saturated rings. The van der Waals surface area contributed by atoms with Gasteiger partial charge in [0.05, 0.1) is 0 Å². The van der Waals surface area contributed by atoms with Crippen molar-refractivity contribution in [1.29, 1.82) is 0 Å². The van der Waals surface area contributed by atoms with E-state index >= 15 is 0 Å². The Morgan fingerprint density at radius 3 is 2.74 bits per heavy atom. The van der Waals surface area contributed by atoms with Crippen molar-refractivity contribution in [2.45, 2.75) is 25.8 Å². The lowest BCUT2D eigenvalue weighted by molar-refractivity contribution is -0.139. The van der Waals surface area contributed by atoms with Gasteiger partial charge in [0.15, 0.2) is 6.61 Å². The Morgan fingerprint density at radius 1 is 1.42 bits per heavy atom. The van der Waals surface area contributed by atoms with Crippen LogP contribution >= 0.6 is 0 Å². The molecule has 1 N–H and O–H groups in total. The Labute approximate surface area is 111 Å². The lowest BCUT2D eigenvalue weighted by Crippen LogP contribution is -2.32. The van der Waals surface area contributed by atoms with Crippen molar-refractivity contribution in [1.82, 2.24) is 4.90 Å². The maximum atomic E-state index is 12.3. The third kappa shape index (κ3) is 3.47. The van der Waals surface area contributed by atoms with Crippen molar-refractivity contribution in [2.75, 3.05) is 13.2 Å². The number of aliphatic carboxylic acids is 1. The van der Waals surface area contributed by atoms with Crippen LogP contribution in [0, 0.1) is 0 Å². The van der Waals surface area contributed by atoms with Gasteiger partial charge < -0.3 is 14.7 Å². The molecule has 0 heterocycles. The van der Waals surface area contributed by atoms with Gasteiger partial charge in [-0.1, -0.05) is 6.07 Å². The van der Waals surface area contributed by atoms with E-state index in [1.54, 1.807) is 24.3 Å². The Morgan fingerprint density at radius 2 is 2.16 bits per heavy atom. The van der Waals surface area contributed by atoms with Gasteiger partial charge in [0.25, 0.3) is 5.91 Å². The predicted octanol–water partition coefficient (Wildman–Crippen LogP) is 1.77. The van der Waals surface area contributed by atoms with E-state index in [0.29, 0.717) is 23.9 Å². The molecule has 0 aliphatic heterocycles. The van der Waals surface area contributed by atoms with Gasteiger partial charge in [0, 0.05) is 18.2 Å². The number of hydrogen-bond acceptors (Lipinski definition) is 3. The van der Waals surface area contributed by atoms with E-state index in [0.717, 1.165) is 12.8 Å². The second-order valence-electron chi connectivity index (χ2n) is 4.53. The summed E-state index contributed by atoms with van der Waals surface area (Å²) < 4.78 is 5.08. The number of carboxylic acid groups (broad SMARTS) is 1. The Balaban J connectivity index is 2.08. The van der Waals surface area contributed by atoms with Crippen molar-refractivity contribution in [3.8, 4) is 5.75 Å². The number of carboxylic acids is 1. The monoisotopic (exact) mass is 263 g/mol. The second kappa shape index (κ2) is 5.73. The summed E-state index contributed by atoms with van der Waals surface area (Å²) in [6.45, 7) is 2.24. The van der Waals surface area contributed by atoms with Gasteiger partial charge in [0.1, 0.15) is 5.75 Å². The normalized spacial score (nSPS) is 13.9. The summed E-state index contributed by atoms with van der Waals surface area (Å²) in [5, 5.41) is 8.56. The second-order valence-corrected chi connectivity index (χ2v) is 4.53. The van der Waals surface area contributed by atoms with Gasteiger partial charge in [-0.05, 0) is 38.0 Å². The third-order valence-corrected chi connectivity index (χ3v) is 3.03. The zero-order valence-electron chi connectivity index (χ0n) is 10.8. The summed E-state index contributed by atoms with van der Waals surface area (Å²) in [5.74, 6) is -0.657. The highest BCUT2D eigenvalue weighted by molar-refractivity contribution is 5.95. The molecule has 0 bridgehead atoms. The van der Waals surface area contributed by atoms with E-state index in [1.807, 2.05) is 11.8 Å². The first-order chi connectivity index (χ1) is 9.11. The SMILES string of the molecule is CCN(C(=O)c1cccc(OCC(=O)O)c1)C1CC1. The summed E-state index contributed by atoms with van der Waals surface area (Å²) >= 11 is 0. The molecule has 0 aromatic heterocycles. The number of carbonyl (C=O) groups is 2. The highest BCUT2D eigenvalue weighted by atomic mass is 16.5. The molecule has 0 spiro atoms. The van der Waals surface area contributed by atoms with E-state index in [1.165, 1.54) is 0 Å². The summed E-state index contributed by atoms with van der Waals surface area (Å²) in [6, 6.07) is 7.02. The molecule has 0 atom stereocenters. The van der Waals surface area contributed by atoms with Crippen LogP contribution in [0.3, 0.4) is 0 Å². The molecule has 5 nitrogen and oxygen atoms in total. The molecule has 1 aliphatic carbocycles. The van der Waals surface area contributed by atoms with Crippen LogP contribution in [0.2, 0.25) is 0 Å². The first-order valence-electron chi connectivity index (χ1n) is 6.37. The Kier molecular flexibility index (Phi) is 4.04. The molecule has 1 aliphatic rings. The fourth-order valence-electron chi connectivity index (χ4n) is 1.98. The van der Waals surface area contributed by atoms with Crippen LogP contribution in [-0.2, 0) is 4.79 Å². The van der Waals surface area contributed by atoms with Gasteiger partial charge >= 0.3 is 5.97 Å². The van der Waals surface area contributed by atoms with Crippen molar-refractivity contribution in [2.24, 2.45) is 0 Å². The molecule has 2 rings (SSSR count). The molecular weight excluding hydrogens is 246 g/mol. The average Bonchev–Trinajstić information content (AvgIpc) is 3.22. The van der Waals surface area contributed by atoms with E-state index in [2.05, 4.69) is 0 Å². The minimum absolute atomic E-state index is 0.0224. The van der Waals surface area contributed by atoms with Crippen molar-refractivity contribution in [3.63, 3.8) is 0 Å². The molecule has 1 aromatic rings. The molecule has 19 heavy (non-hydrogen) atoms. The number of hydrogen-bond donors (Lipinski definition) is 1. The average molecular weight is 263 g/mol. The smallest absolute Gasteiger partial charge is 0.341 e. The van der Waals surface area contributed by atoms with E-state index < -0.39 is 12.6 Å². The molecule has 1 saturated carbocycles. The van der Waals surface area contributed by atoms with Crippen LogP contribution < -0.4 is 4.74 Å². The number of nitrogens with zero attached hydrogens (tertiary/aromatic N) is 1. The first-order valence-corrected chi connectivity index (χ1v) is 6.37. The zero-order chi connectivity index (χ0) is 13.8. The Bertz CT molecular complexity index is 482. The van der Waals surface area contributed by atoms with Crippen LogP contribution in [0.1, 0.15) is 30.1 Å². The Hall–Kier alpha value is -2.04. The van der Waals surface area contributed by atoms with Crippen molar-refractivity contribution in [3.05, 3.63) is 29.8 Å². The number of benzene rings is 1. The minimum Gasteiger partial charge on any atom is -0.482 e. The quantitative estimate of drug-likeness (QED) is 0.849. The fourth-order valence-corrected chi connectivity index (χ4v) is 1.98. The first kappa shape index (κ1) is 13.4. The maximum Gasteiger partial charge on any atom is 0.341 e. The number of amides is 1. The van der Waals surface area contributed by atoms with Crippen LogP contribution in [0.4, 0.5) is 0 Å². The number of carbonyl (C=O) groups excluding carboxylic acids is 1. The maximum absolute atomic E-state index is 12.3. The van der Waals surface area contributed by atoms with Crippen LogP contribution in [0.5, 0.6) is 5.75 Å². The molecule has 0 unspecified atom stereocenters. The fraction of sp³-hybridized carbons (Fsp3) is 0.429. The number of ether oxygens (including phenoxy) is 1. The minimum atomic E-state index is -1.04. The molecule has 5 heteroatoms. The lowest BCUT2D eigenvalue weighted by Gasteiger charge is -2.20. The van der Waals surface area contributed by atoms with Crippen molar-refractivity contribution >= 4 is 11.9 Å². The molecule has 0 saturated heterocycles. The highest BCUT2D eigenvalue weighted by Gasteiger charge is 2.31. The predicted molar refractivity (Wildman–Crippen MR) is 69.3 cm³/mol. The van der Waals surface area contributed by atoms with Gasteiger partial charge in [-0.3, -0.25) is 4.79 Å². The third-order valence-electron chi connectivity index (χ3n) is 3.03. The van der Waals surface area contributed by atoms with Gasteiger partial charge in [-0.15, -0.1) is 0 Å². The van der Waals surface area contributed by atoms with Crippen LogP contribution in [0.15, 0.2) is 24.3 Å². The van der Waals surface area contributed by atoms with Crippen LogP contribution in [0.25, 0.3) is 0 Å². The largest absolute Gasteiger partial charge is 0.482 e. The van der Waals surface area contributed by atoms with Gasteiger partial charge in [-0.25, -0.2) is 4.79 Å². The van der Waals surface area contributed by atoms with E-state index in [-0.39, 0.29) is 5.91 Å². The van der Waals surface area contributed by atoms with Gasteiger partial charge in [-0.2, -0.15) is 0 Å². The summed E-state index contributed by atoms with van der Waals surface area (Å²) in [4.78, 5) is 24.6. The van der Waals surface area contributed by atoms with E-state index in [4.69, 9.17) is 9.84 Å². The van der Waals surface area contributed by atoms with Crippen LogP contribution in [-0.4, -0.2) is 41.1 Å². The number of rotatable bonds is 6. The summed E-state index contributed by atoms with van der Waals surface area (Å²) in [6.07, 6.45) is 2.13. The molecule has 1 amide bonds.